The standard InChI is InChI=1S/C23H20F2N2O5S/c1-33(31,32)13-15-4-2-14(3-5-15)12-26-23(30)20-7-6-19(11-21(20)28)27-22(29)16-8-17(24)10-18(25)9-16/h2-11,28H,12-13H2,1H3,(H,26,30)(H,27,29). The van der Waals surface area contributed by atoms with Gasteiger partial charge in [0.1, 0.15) is 17.4 Å². The molecule has 7 nitrogen and oxygen atoms in total. The predicted octanol–water partition coefficient (Wildman–Crippen LogP) is 3.40. The second-order valence-electron chi connectivity index (χ2n) is 7.41. The summed E-state index contributed by atoms with van der Waals surface area (Å²) in [5.41, 5.74) is 1.20. The van der Waals surface area contributed by atoms with E-state index >= 15 is 0 Å². The highest BCUT2D eigenvalue weighted by Crippen LogP contribution is 2.23. The van der Waals surface area contributed by atoms with Crippen LogP contribution in [0.25, 0.3) is 0 Å². The molecule has 0 saturated heterocycles. The molecule has 0 radical (unpaired) electrons. The average Bonchev–Trinajstić information content (AvgIpc) is 2.71. The summed E-state index contributed by atoms with van der Waals surface area (Å²) in [4.78, 5) is 24.6. The zero-order valence-corrected chi connectivity index (χ0v) is 18.2. The van der Waals surface area contributed by atoms with E-state index in [2.05, 4.69) is 10.6 Å². The Morgan fingerprint density at radius 1 is 0.879 bits per heavy atom. The molecule has 2 amide bonds. The summed E-state index contributed by atoms with van der Waals surface area (Å²) in [6, 6.07) is 12.9. The molecule has 3 aromatic carbocycles. The van der Waals surface area contributed by atoms with Crippen molar-refractivity contribution in [2.24, 2.45) is 0 Å². The molecule has 0 heterocycles. The van der Waals surface area contributed by atoms with Gasteiger partial charge in [-0.05, 0) is 35.4 Å². The second kappa shape index (κ2) is 9.78. The van der Waals surface area contributed by atoms with Gasteiger partial charge in [0.25, 0.3) is 11.8 Å². The molecular weight excluding hydrogens is 454 g/mol. The van der Waals surface area contributed by atoms with Gasteiger partial charge >= 0.3 is 0 Å². The van der Waals surface area contributed by atoms with E-state index in [1.165, 1.54) is 12.1 Å². The molecular formula is C23H20F2N2O5S. The van der Waals surface area contributed by atoms with E-state index in [9.17, 15) is 31.9 Å². The minimum atomic E-state index is -3.14. The number of nitrogens with one attached hydrogen (secondary N) is 2. The summed E-state index contributed by atoms with van der Waals surface area (Å²) in [5.74, 6) is -3.65. The summed E-state index contributed by atoms with van der Waals surface area (Å²) >= 11 is 0. The van der Waals surface area contributed by atoms with E-state index in [1.54, 1.807) is 24.3 Å². The molecule has 0 spiro atoms. The van der Waals surface area contributed by atoms with Gasteiger partial charge in [-0.1, -0.05) is 24.3 Å². The van der Waals surface area contributed by atoms with Crippen molar-refractivity contribution in [3.63, 3.8) is 0 Å². The van der Waals surface area contributed by atoms with Crippen LogP contribution >= 0.6 is 0 Å². The van der Waals surface area contributed by atoms with Crippen LogP contribution in [0.2, 0.25) is 0 Å². The number of rotatable bonds is 7. The van der Waals surface area contributed by atoms with Crippen LogP contribution in [0.3, 0.4) is 0 Å². The second-order valence-corrected chi connectivity index (χ2v) is 9.55. The van der Waals surface area contributed by atoms with Gasteiger partial charge in [-0.3, -0.25) is 9.59 Å². The third-order valence-corrected chi connectivity index (χ3v) is 5.39. The van der Waals surface area contributed by atoms with Gasteiger partial charge in [-0.25, -0.2) is 17.2 Å². The minimum Gasteiger partial charge on any atom is -0.507 e. The fourth-order valence-electron chi connectivity index (χ4n) is 3.02. The molecule has 3 N–H and O–H groups in total. The van der Waals surface area contributed by atoms with Gasteiger partial charge in [0.15, 0.2) is 9.84 Å². The zero-order valence-electron chi connectivity index (χ0n) is 17.4. The lowest BCUT2D eigenvalue weighted by atomic mass is 10.1. The van der Waals surface area contributed by atoms with Crippen molar-refractivity contribution in [2.45, 2.75) is 12.3 Å². The highest BCUT2D eigenvalue weighted by atomic mass is 32.2. The van der Waals surface area contributed by atoms with Crippen LogP contribution in [0.15, 0.2) is 60.7 Å². The van der Waals surface area contributed by atoms with Crippen LogP contribution in [0, 0.1) is 11.6 Å². The summed E-state index contributed by atoms with van der Waals surface area (Å²) in [7, 11) is -3.14. The SMILES string of the molecule is CS(=O)(=O)Cc1ccc(CNC(=O)c2ccc(NC(=O)c3cc(F)cc(F)c3)cc2O)cc1. The number of phenolic OH excluding ortho intramolecular Hbond substituents is 1. The molecule has 0 fully saturated rings. The van der Waals surface area contributed by atoms with Crippen LogP contribution in [0.1, 0.15) is 31.8 Å². The lowest BCUT2D eigenvalue weighted by Crippen LogP contribution is -2.23. The first-order valence-electron chi connectivity index (χ1n) is 9.64. The number of phenols is 1. The lowest BCUT2D eigenvalue weighted by molar-refractivity contribution is 0.0947. The Kier molecular flexibility index (Phi) is 7.07. The molecule has 33 heavy (non-hydrogen) atoms. The van der Waals surface area contributed by atoms with Crippen LogP contribution in [-0.4, -0.2) is 31.6 Å². The maximum absolute atomic E-state index is 13.3. The fraction of sp³-hybridized carbons (Fsp3) is 0.130. The molecule has 0 aliphatic rings. The van der Waals surface area contributed by atoms with Crippen molar-refractivity contribution >= 4 is 27.3 Å². The van der Waals surface area contributed by atoms with Gasteiger partial charge in [-0.15, -0.1) is 0 Å². The van der Waals surface area contributed by atoms with Crippen molar-refractivity contribution in [1.82, 2.24) is 5.32 Å². The number of carbonyl (C=O) groups excluding carboxylic acids is 2. The lowest BCUT2D eigenvalue weighted by Gasteiger charge is -2.10. The number of halogens is 2. The molecule has 3 aromatic rings. The third kappa shape index (κ3) is 6.84. The Labute approximate surface area is 189 Å². The number of amides is 2. The Morgan fingerprint density at radius 3 is 2.06 bits per heavy atom. The first kappa shape index (κ1) is 23.9. The molecule has 0 aliphatic heterocycles. The average molecular weight is 474 g/mol. The van der Waals surface area contributed by atoms with Crippen LogP contribution < -0.4 is 10.6 Å². The number of benzene rings is 3. The first-order chi connectivity index (χ1) is 15.5. The number of anilines is 1. The molecule has 172 valence electrons. The van der Waals surface area contributed by atoms with E-state index in [0.717, 1.165) is 30.0 Å². The van der Waals surface area contributed by atoms with Gasteiger partial charge < -0.3 is 15.7 Å². The largest absolute Gasteiger partial charge is 0.507 e. The van der Waals surface area contributed by atoms with Crippen LogP contribution in [-0.2, 0) is 22.1 Å². The maximum atomic E-state index is 13.3. The number of hydrogen-bond acceptors (Lipinski definition) is 5. The zero-order chi connectivity index (χ0) is 24.2. The monoisotopic (exact) mass is 474 g/mol. The topological polar surface area (TPSA) is 113 Å². The van der Waals surface area contributed by atoms with Crippen LogP contribution in [0.4, 0.5) is 14.5 Å². The van der Waals surface area contributed by atoms with Gasteiger partial charge in [0.2, 0.25) is 0 Å². The van der Waals surface area contributed by atoms with Crippen molar-refractivity contribution in [3.8, 4) is 5.75 Å². The molecule has 0 bridgehead atoms. The summed E-state index contributed by atoms with van der Waals surface area (Å²) < 4.78 is 49.2. The normalized spacial score (nSPS) is 11.1. The van der Waals surface area contributed by atoms with Crippen LogP contribution in [0.5, 0.6) is 5.75 Å². The van der Waals surface area contributed by atoms with Gasteiger partial charge in [0, 0.05) is 36.2 Å². The highest BCUT2D eigenvalue weighted by molar-refractivity contribution is 7.89. The quantitative estimate of drug-likeness (QED) is 0.486. The van der Waals surface area contributed by atoms with Crippen molar-refractivity contribution in [1.29, 1.82) is 0 Å². The summed E-state index contributed by atoms with van der Waals surface area (Å²) in [6.07, 6.45) is 1.14. The van der Waals surface area contributed by atoms with Gasteiger partial charge in [-0.2, -0.15) is 0 Å². The Balaban J connectivity index is 1.62. The van der Waals surface area contributed by atoms with Crippen molar-refractivity contribution < 1.29 is 31.9 Å². The molecule has 3 rings (SSSR count). The van der Waals surface area contributed by atoms with E-state index < -0.39 is 39.0 Å². The smallest absolute Gasteiger partial charge is 0.255 e. The highest BCUT2D eigenvalue weighted by Gasteiger charge is 2.14. The summed E-state index contributed by atoms with van der Waals surface area (Å²) in [6.45, 7) is 0.140. The molecule has 10 heteroatoms. The Hall–Kier alpha value is -3.79. The summed E-state index contributed by atoms with van der Waals surface area (Å²) in [5, 5.41) is 15.2. The minimum absolute atomic E-state index is 0.0431. The number of aromatic hydroxyl groups is 1. The molecule has 0 unspecified atom stereocenters. The first-order valence-corrected chi connectivity index (χ1v) is 11.7. The van der Waals surface area contributed by atoms with E-state index in [0.29, 0.717) is 11.6 Å². The van der Waals surface area contributed by atoms with E-state index in [-0.39, 0.29) is 29.1 Å². The van der Waals surface area contributed by atoms with Crippen molar-refractivity contribution in [3.05, 3.63) is 94.6 Å². The Bertz CT molecular complexity index is 1290. The molecule has 0 aromatic heterocycles. The van der Waals surface area contributed by atoms with Gasteiger partial charge in [0.05, 0.1) is 11.3 Å². The third-order valence-electron chi connectivity index (χ3n) is 4.53. The molecule has 0 aliphatic carbocycles. The number of sulfone groups is 1. The fourth-order valence-corrected chi connectivity index (χ4v) is 3.82. The van der Waals surface area contributed by atoms with E-state index in [1.807, 2.05) is 0 Å². The number of carbonyl (C=O) groups is 2. The predicted molar refractivity (Wildman–Crippen MR) is 119 cm³/mol. The Morgan fingerprint density at radius 2 is 1.48 bits per heavy atom. The molecule has 0 atom stereocenters. The van der Waals surface area contributed by atoms with Crippen molar-refractivity contribution in [2.75, 3.05) is 11.6 Å². The number of hydrogen-bond donors (Lipinski definition) is 3. The maximum Gasteiger partial charge on any atom is 0.255 e. The van der Waals surface area contributed by atoms with E-state index in [4.69, 9.17) is 0 Å². The molecule has 0 saturated carbocycles.